The number of primary amides is 1. The fourth-order valence-electron chi connectivity index (χ4n) is 5.18. The Morgan fingerprint density at radius 2 is 1.12 bits per heavy atom. The number of aliphatic imine (C=N–C) groups is 1. The van der Waals surface area contributed by atoms with Crippen LogP contribution in [0.5, 0.6) is 0 Å². The number of nitrogens with zero attached hydrogens (tertiary/aromatic N) is 1. The van der Waals surface area contributed by atoms with Gasteiger partial charge in [-0.05, 0) is 59.3 Å². The molecule has 17 N–H and O–H groups in total. The summed E-state index contributed by atoms with van der Waals surface area (Å²) in [7, 11) is 0. The molecule has 0 fully saturated rings. The van der Waals surface area contributed by atoms with Crippen molar-refractivity contribution >= 4 is 65.4 Å². The molecule has 25 nitrogen and oxygen atoms in total. The zero-order chi connectivity index (χ0) is 46.1. The number of rotatable bonds is 29. The van der Waals surface area contributed by atoms with Crippen molar-refractivity contribution in [1.82, 2.24) is 42.5 Å². The molecule has 0 radical (unpaired) electrons. The fraction of sp³-hybridized carbons (Fsp3) is 0.686. The second kappa shape index (κ2) is 28.5. The number of nitrogens with one attached hydrogen (secondary N) is 8. The summed E-state index contributed by atoms with van der Waals surface area (Å²) in [5.41, 5.74) is 15.9. The Kier molecular flexibility index (Phi) is 25.6. The van der Waals surface area contributed by atoms with E-state index in [2.05, 4.69) is 47.5 Å². The Balaban J connectivity index is 6.27. The van der Waals surface area contributed by atoms with Gasteiger partial charge in [0.05, 0.1) is 18.8 Å². The predicted octanol–water partition coefficient (Wildman–Crippen LogP) is -7.00. The van der Waals surface area contributed by atoms with Gasteiger partial charge in [0, 0.05) is 33.4 Å². The van der Waals surface area contributed by atoms with Gasteiger partial charge in [0.25, 0.3) is 0 Å². The van der Waals surface area contributed by atoms with Gasteiger partial charge in [-0.3, -0.25) is 48.1 Å². The highest BCUT2D eigenvalue weighted by Crippen LogP contribution is 2.07. The lowest BCUT2D eigenvalue weighted by Gasteiger charge is -2.27. The summed E-state index contributed by atoms with van der Waals surface area (Å²) in [5.74, 6) is -7.75. The first-order chi connectivity index (χ1) is 28.0. The molecule has 0 aliphatic heterocycles. The topological polar surface area (TPSA) is 418 Å². The Hall–Kier alpha value is -5.95. The first-order valence-electron chi connectivity index (χ1n) is 19.1. The van der Waals surface area contributed by atoms with Crippen molar-refractivity contribution in [3.8, 4) is 0 Å². The molecule has 0 spiro atoms. The van der Waals surface area contributed by atoms with Crippen LogP contribution in [0.15, 0.2) is 4.99 Å². The second-order valence-corrected chi connectivity index (χ2v) is 13.9. The van der Waals surface area contributed by atoms with Gasteiger partial charge in [-0.2, -0.15) is 0 Å². The number of aldehydes is 1. The van der Waals surface area contributed by atoms with Crippen LogP contribution < -0.4 is 59.7 Å². The number of hydrogen-bond donors (Lipinski definition) is 14. The van der Waals surface area contributed by atoms with E-state index in [1.807, 2.05) is 0 Å². The molecule has 0 unspecified atom stereocenters. The van der Waals surface area contributed by atoms with Crippen molar-refractivity contribution in [2.45, 2.75) is 134 Å². The van der Waals surface area contributed by atoms with Crippen LogP contribution in [-0.2, 0) is 47.9 Å². The Bertz CT molecular complexity index is 1520. The highest BCUT2D eigenvalue weighted by atomic mass is 16.3. The van der Waals surface area contributed by atoms with Crippen molar-refractivity contribution in [3.63, 3.8) is 0 Å². The van der Waals surface area contributed by atoms with Crippen LogP contribution in [0.4, 0.5) is 0 Å². The van der Waals surface area contributed by atoms with E-state index in [1.54, 1.807) is 0 Å². The molecule has 0 aromatic carbocycles. The van der Waals surface area contributed by atoms with Gasteiger partial charge in [0.1, 0.15) is 48.6 Å². The van der Waals surface area contributed by atoms with E-state index in [-0.39, 0.29) is 69.8 Å². The zero-order valence-corrected chi connectivity index (χ0v) is 34.4. The lowest BCUT2D eigenvalue weighted by atomic mass is 10.0. The predicted molar refractivity (Wildman–Crippen MR) is 212 cm³/mol. The van der Waals surface area contributed by atoms with Crippen molar-refractivity contribution in [2.75, 3.05) is 19.7 Å². The normalized spacial score (nSPS) is 15.3. The smallest absolute Gasteiger partial charge is 0.245 e. The number of carbonyl (C=O) groups is 10. The quantitative estimate of drug-likeness (QED) is 0.0144. The summed E-state index contributed by atoms with van der Waals surface area (Å²) in [5, 5.41) is 48.9. The molecule has 0 aromatic rings. The lowest BCUT2D eigenvalue weighted by Crippen LogP contribution is -2.61. The molecule has 0 aliphatic rings. The van der Waals surface area contributed by atoms with Crippen molar-refractivity contribution in [1.29, 1.82) is 0 Å². The number of guanidine groups is 1. The fourth-order valence-corrected chi connectivity index (χ4v) is 5.18. The highest BCUT2D eigenvalue weighted by Gasteiger charge is 2.34. The monoisotopic (exact) mass is 858 g/mol. The number of hydrogen-bond acceptors (Lipinski definition) is 14. The summed E-state index contributed by atoms with van der Waals surface area (Å²) < 4.78 is 0. The maximum absolute atomic E-state index is 13.8. The molecule has 60 heavy (non-hydrogen) atoms. The molecule has 0 rings (SSSR count). The van der Waals surface area contributed by atoms with Crippen molar-refractivity contribution in [2.24, 2.45) is 22.2 Å². The van der Waals surface area contributed by atoms with Crippen molar-refractivity contribution in [3.05, 3.63) is 0 Å². The van der Waals surface area contributed by atoms with Crippen molar-refractivity contribution < 1.29 is 63.3 Å². The van der Waals surface area contributed by atoms with Gasteiger partial charge in [-0.1, -0.05) is 0 Å². The standard InChI is InChI=1S/C35H62N12O13/c1-17(41-34(60)28(19(3)51)47-32(58)24(42-21(5)53)11-12-27(36)54)29(55)43-23(10-8-14-40-35(37)38)30(56)44-22(9-6-7-13-39-20(4)52)31(57)46-26(16-49)33(59)45-25(15-48)18(2)50/h15,17-19,22-26,28,49-51H,6-14,16H2,1-5H3,(H2,36,54)(H,39,52)(H,41,60)(H,42,53)(H,43,55)(H,44,56)(H,45,59)(H,46,57)(H,47,58)(H4,37,38,40)/t17-,18+,19+,22-,23-,24-,25+,26-,28-/m0/s1. The third kappa shape index (κ3) is 22.3. The van der Waals surface area contributed by atoms with E-state index < -0.39 is 108 Å². The maximum atomic E-state index is 13.8. The third-order valence-corrected chi connectivity index (χ3v) is 8.48. The molecule has 0 bridgehead atoms. The minimum absolute atomic E-state index is 0.0115. The Labute approximate surface area is 346 Å². The third-order valence-electron chi connectivity index (χ3n) is 8.48. The first kappa shape index (κ1) is 54.0. The van der Waals surface area contributed by atoms with Crippen LogP contribution in [0.25, 0.3) is 0 Å². The van der Waals surface area contributed by atoms with Crippen LogP contribution in [0.1, 0.15) is 79.6 Å². The Morgan fingerprint density at radius 3 is 1.60 bits per heavy atom. The van der Waals surface area contributed by atoms with Crippen LogP contribution in [-0.4, -0.2) is 155 Å². The van der Waals surface area contributed by atoms with Gasteiger partial charge < -0.3 is 79.8 Å². The van der Waals surface area contributed by atoms with Gasteiger partial charge in [0.15, 0.2) is 5.96 Å². The number of carbonyl (C=O) groups excluding carboxylic acids is 10. The molecule has 9 atom stereocenters. The second-order valence-electron chi connectivity index (χ2n) is 13.9. The molecule has 0 saturated heterocycles. The largest absolute Gasteiger partial charge is 0.394 e. The van der Waals surface area contributed by atoms with E-state index in [4.69, 9.17) is 17.2 Å². The Morgan fingerprint density at radius 1 is 0.600 bits per heavy atom. The zero-order valence-electron chi connectivity index (χ0n) is 34.4. The van der Waals surface area contributed by atoms with E-state index in [0.717, 1.165) is 6.92 Å². The average molecular weight is 859 g/mol. The van der Waals surface area contributed by atoms with Gasteiger partial charge in [-0.15, -0.1) is 0 Å². The molecular weight excluding hydrogens is 796 g/mol. The number of unbranched alkanes of at least 4 members (excludes halogenated alkanes) is 1. The van der Waals surface area contributed by atoms with E-state index >= 15 is 0 Å². The molecule has 0 aromatic heterocycles. The molecule has 9 amide bonds. The summed E-state index contributed by atoms with van der Waals surface area (Å²) in [6.07, 6.45) is -2.58. The number of aliphatic hydroxyl groups excluding tert-OH is 3. The molecule has 25 heteroatoms. The summed E-state index contributed by atoms with van der Waals surface area (Å²) in [6.45, 7) is 5.35. The van der Waals surface area contributed by atoms with Gasteiger partial charge in [0.2, 0.25) is 53.2 Å². The number of amides is 9. The number of aliphatic hydroxyl groups is 3. The van der Waals surface area contributed by atoms with E-state index in [9.17, 15) is 63.3 Å². The van der Waals surface area contributed by atoms with Crippen LogP contribution in [0.3, 0.4) is 0 Å². The molecule has 340 valence electrons. The molecular formula is C35H62N12O13. The minimum Gasteiger partial charge on any atom is -0.394 e. The first-order valence-corrected chi connectivity index (χ1v) is 19.1. The van der Waals surface area contributed by atoms with Gasteiger partial charge >= 0.3 is 0 Å². The van der Waals surface area contributed by atoms with Gasteiger partial charge in [-0.25, -0.2) is 0 Å². The maximum Gasteiger partial charge on any atom is 0.245 e. The van der Waals surface area contributed by atoms with Crippen LogP contribution in [0, 0.1) is 0 Å². The number of nitrogens with two attached hydrogens (primary N) is 3. The summed E-state index contributed by atoms with van der Waals surface area (Å²) in [6, 6.07) is -10.2. The highest BCUT2D eigenvalue weighted by molar-refractivity contribution is 5.97. The lowest BCUT2D eigenvalue weighted by molar-refractivity contribution is -0.136. The van der Waals surface area contributed by atoms with Crippen LogP contribution in [0.2, 0.25) is 0 Å². The molecule has 0 aliphatic carbocycles. The molecule has 0 heterocycles. The molecule has 0 saturated carbocycles. The minimum atomic E-state index is -1.66. The van der Waals surface area contributed by atoms with E-state index in [1.165, 1.54) is 27.7 Å². The van der Waals surface area contributed by atoms with Crippen LogP contribution >= 0.6 is 0 Å². The summed E-state index contributed by atoms with van der Waals surface area (Å²) >= 11 is 0. The summed E-state index contributed by atoms with van der Waals surface area (Å²) in [4.78, 5) is 129. The van der Waals surface area contributed by atoms with E-state index in [0.29, 0.717) is 6.42 Å². The average Bonchev–Trinajstić information content (AvgIpc) is 3.15. The SMILES string of the molecule is CC(=O)NCCCC[C@H](NC(=O)[C@H](CCCN=C(N)N)NC(=O)[C@H](C)NC(=O)[C@@H](NC(=O)[C@H](CCC(N)=O)NC(C)=O)[C@@H](C)O)C(=O)N[C@@H](CO)C(=O)N[C@H](C=O)[C@@H](C)O.